The van der Waals surface area contributed by atoms with E-state index in [1.807, 2.05) is 42.5 Å². The van der Waals surface area contributed by atoms with Gasteiger partial charge in [0, 0.05) is 11.6 Å². The predicted molar refractivity (Wildman–Crippen MR) is 94.0 cm³/mol. The van der Waals surface area contributed by atoms with E-state index in [0.717, 1.165) is 12.0 Å². The molecule has 23 heavy (non-hydrogen) atoms. The van der Waals surface area contributed by atoms with Gasteiger partial charge in [0.25, 0.3) is 5.91 Å². The summed E-state index contributed by atoms with van der Waals surface area (Å²) in [6.07, 6.45) is 0.958. The van der Waals surface area contributed by atoms with Crippen LogP contribution >= 0.6 is 11.6 Å². The summed E-state index contributed by atoms with van der Waals surface area (Å²) in [6.45, 7) is 5.33. The number of carbonyl (C=O) groups is 1. The third kappa shape index (κ3) is 5.61. The van der Waals surface area contributed by atoms with E-state index in [2.05, 4.69) is 19.2 Å². The zero-order valence-corrected chi connectivity index (χ0v) is 14.3. The lowest BCUT2D eigenvalue weighted by atomic mass is 10.1. The van der Waals surface area contributed by atoms with Gasteiger partial charge in [-0.05, 0) is 42.2 Å². The second-order valence-corrected chi connectivity index (χ2v) is 6.29. The van der Waals surface area contributed by atoms with Gasteiger partial charge in [-0.25, -0.2) is 0 Å². The van der Waals surface area contributed by atoms with Gasteiger partial charge in [-0.15, -0.1) is 0 Å². The molecule has 0 saturated heterocycles. The van der Waals surface area contributed by atoms with Gasteiger partial charge in [-0.3, -0.25) is 4.79 Å². The highest BCUT2D eigenvalue weighted by Gasteiger charge is 2.11. The van der Waals surface area contributed by atoms with Gasteiger partial charge in [0.1, 0.15) is 12.4 Å². The van der Waals surface area contributed by atoms with Crippen LogP contribution in [0.25, 0.3) is 0 Å². The standard InChI is InChI=1S/C19H22ClNO2/c1-14(2)11-12-21-19(22)17-5-3-4-6-18(17)23-13-15-7-9-16(20)10-8-15/h3-10,14H,11-13H2,1-2H3,(H,21,22). The Morgan fingerprint density at radius 2 is 1.83 bits per heavy atom. The van der Waals surface area contributed by atoms with Crippen LogP contribution in [0, 0.1) is 5.92 Å². The minimum absolute atomic E-state index is 0.0997. The Morgan fingerprint density at radius 3 is 2.52 bits per heavy atom. The Labute approximate surface area is 142 Å². The van der Waals surface area contributed by atoms with Crippen molar-refractivity contribution in [1.82, 2.24) is 5.32 Å². The molecule has 0 aromatic heterocycles. The summed E-state index contributed by atoms with van der Waals surface area (Å²) < 4.78 is 5.81. The number of amides is 1. The van der Waals surface area contributed by atoms with Crippen molar-refractivity contribution in [2.45, 2.75) is 26.9 Å². The van der Waals surface area contributed by atoms with Crippen LogP contribution < -0.4 is 10.1 Å². The van der Waals surface area contributed by atoms with Crippen LogP contribution in [0.5, 0.6) is 5.75 Å². The highest BCUT2D eigenvalue weighted by Crippen LogP contribution is 2.20. The first-order valence-corrected chi connectivity index (χ1v) is 8.18. The minimum atomic E-state index is -0.0997. The van der Waals surface area contributed by atoms with Gasteiger partial charge >= 0.3 is 0 Å². The molecule has 0 spiro atoms. The Morgan fingerprint density at radius 1 is 1.13 bits per heavy atom. The van der Waals surface area contributed by atoms with Crippen molar-refractivity contribution in [3.8, 4) is 5.75 Å². The SMILES string of the molecule is CC(C)CCNC(=O)c1ccccc1OCc1ccc(Cl)cc1. The van der Waals surface area contributed by atoms with Gasteiger partial charge in [0.2, 0.25) is 0 Å². The Hall–Kier alpha value is -2.00. The normalized spacial score (nSPS) is 10.6. The molecule has 2 aromatic rings. The van der Waals surface area contributed by atoms with Crippen LogP contribution in [-0.4, -0.2) is 12.5 Å². The molecule has 0 radical (unpaired) electrons. The second-order valence-electron chi connectivity index (χ2n) is 5.85. The van der Waals surface area contributed by atoms with E-state index in [1.54, 1.807) is 6.07 Å². The highest BCUT2D eigenvalue weighted by atomic mass is 35.5. The highest BCUT2D eigenvalue weighted by molar-refractivity contribution is 6.30. The van der Waals surface area contributed by atoms with Crippen LogP contribution in [0.4, 0.5) is 0 Å². The third-order valence-corrected chi connectivity index (χ3v) is 3.70. The van der Waals surface area contributed by atoms with E-state index in [0.29, 0.717) is 35.4 Å². The smallest absolute Gasteiger partial charge is 0.255 e. The molecule has 0 aliphatic rings. The molecular weight excluding hydrogens is 310 g/mol. The van der Waals surface area contributed by atoms with Crippen molar-refractivity contribution < 1.29 is 9.53 Å². The maximum atomic E-state index is 12.3. The van der Waals surface area contributed by atoms with Crippen LogP contribution in [0.15, 0.2) is 48.5 Å². The van der Waals surface area contributed by atoms with Gasteiger partial charge in [0.15, 0.2) is 0 Å². The van der Waals surface area contributed by atoms with Crippen molar-refractivity contribution in [3.63, 3.8) is 0 Å². The number of ether oxygens (including phenoxy) is 1. The molecule has 0 atom stereocenters. The number of benzene rings is 2. The summed E-state index contributed by atoms with van der Waals surface area (Å²) >= 11 is 5.87. The zero-order valence-electron chi connectivity index (χ0n) is 13.5. The molecule has 0 saturated carbocycles. The molecule has 122 valence electrons. The quantitative estimate of drug-likeness (QED) is 0.799. The third-order valence-electron chi connectivity index (χ3n) is 3.45. The molecule has 0 unspecified atom stereocenters. The van der Waals surface area contributed by atoms with Crippen molar-refractivity contribution in [2.24, 2.45) is 5.92 Å². The first-order valence-electron chi connectivity index (χ1n) is 7.80. The second kappa shape index (κ2) is 8.59. The predicted octanol–water partition coefficient (Wildman–Crippen LogP) is 4.69. The summed E-state index contributed by atoms with van der Waals surface area (Å²) in [5, 5.41) is 3.63. The molecule has 1 N–H and O–H groups in total. The lowest BCUT2D eigenvalue weighted by Gasteiger charge is -2.12. The van der Waals surface area contributed by atoms with Crippen LogP contribution in [-0.2, 0) is 6.61 Å². The summed E-state index contributed by atoms with van der Waals surface area (Å²) in [4.78, 5) is 12.3. The fourth-order valence-electron chi connectivity index (χ4n) is 2.09. The number of nitrogens with one attached hydrogen (secondary N) is 1. The van der Waals surface area contributed by atoms with Crippen LogP contribution in [0.2, 0.25) is 5.02 Å². The molecule has 1 amide bonds. The van der Waals surface area contributed by atoms with E-state index in [-0.39, 0.29) is 5.91 Å². The van der Waals surface area contributed by atoms with Gasteiger partial charge < -0.3 is 10.1 Å². The summed E-state index contributed by atoms with van der Waals surface area (Å²) in [5.74, 6) is 1.05. The number of carbonyl (C=O) groups excluding carboxylic acids is 1. The molecule has 3 nitrogen and oxygen atoms in total. The molecule has 4 heteroatoms. The van der Waals surface area contributed by atoms with Crippen molar-refractivity contribution >= 4 is 17.5 Å². The molecule has 0 bridgehead atoms. The summed E-state index contributed by atoms with van der Waals surface area (Å²) in [6, 6.07) is 14.8. The van der Waals surface area contributed by atoms with E-state index in [1.165, 1.54) is 0 Å². The van der Waals surface area contributed by atoms with Crippen LogP contribution in [0.3, 0.4) is 0 Å². The van der Waals surface area contributed by atoms with E-state index in [9.17, 15) is 4.79 Å². The Balaban J connectivity index is 1.99. The monoisotopic (exact) mass is 331 g/mol. The topological polar surface area (TPSA) is 38.3 Å². The summed E-state index contributed by atoms with van der Waals surface area (Å²) in [5.41, 5.74) is 1.56. The molecule has 0 aliphatic carbocycles. The lowest BCUT2D eigenvalue weighted by molar-refractivity contribution is 0.0947. The maximum Gasteiger partial charge on any atom is 0.255 e. The van der Waals surface area contributed by atoms with Gasteiger partial charge in [-0.2, -0.15) is 0 Å². The lowest BCUT2D eigenvalue weighted by Crippen LogP contribution is -2.25. The molecular formula is C19H22ClNO2. The first kappa shape index (κ1) is 17.4. The largest absolute Gasteiger partial charge is 0.488 e. The fourth-order valence-corrected chi connectivity index (χ4v) is 2.22. The number of hydrogen-bond acceptors (Lipinski definition) is 2. The van der Waals surface area contributed by atoms with E-state index < -0.39 is 0 Å². The number of halogens is 1. The number of rotatable bonds is 7. The maximum absolute atomic E-state index is 12.3. The summed E-state index contributed by atoms with van der Waals surface area (Å²) in [7, 11) is 0. The average molecular weight is 332 g/mol. The van der Waals surface area contributed by atoms with Crippen molar-refractivity contribution in [2.75, 3.05) is 6.54 Å². The fraction of sp³-hybridized carbons (Fsp3) is 0.316. The number of para-hydroxylation sites is 1. The average Bonchev–Trinajstić information content (AvgIpc) is 2.54. The minimum Gasteiger partial charge on any atom is -0.488 e. The Kier molecular flexibility index (Phi) is 6.48. The van der Waals surface area contributed by atoms with Crippen LogP contribution in [0.1, 0.15) is 36.2 Å². The Bertz CT molecular complexity index is 638. The van der Waals surface area contributed by atoms with Gasteiger partial charge in [-0.1, -0.05) is 49.7 Å². The number of hydrogen-bond donors (Lipinski definition) is 1. The first-order chi connectivity index (χ1) is 11.1. The zero-order chi connectivity index (χ0) is 16.7. The van der Waals surface area contributed by atoms with E-state index in [4.69, 9.17) is 16.3 Å². The van der Waals surface area contributed by atoms with Crippen molar-refractivity contribution in [1.29, 1.82) is 0 Å². The molecule has 0 heterocycles. The van der Waals surface area contributed by atoms with Gasteiger partial charge in [0.05, 0.1) is 5.56 Å². The molecule has 0 aliphatic heterocycles. The molecule has 2 aromatic carbocycles. The molecule has 0 fully saturated rings. The van der Waals surface area contributed by atoms with Crippen molar-refractivity contribution in [3.05, 3.63) is 64.7 Å². The molecule has 2 rings (SSSR count). The van der Waals surface area contributed by atoms with E-state index >= 15 is 0 Å².